The van der Waals surface area contributed by atoms with Gasteiger partial charge in [0, 0.05) is 13.1 Å². The van der Waals surface area contributed by atoms with E-state index in [1.165, 1.54) is 5.56 Å². The largest absolute Gasteiger partial charge is 0.496 e. The molecule has 0 bridgehead atoms. The molecule has 3 nitrogen and oxygen atoms in total. The quantitative estimate of drug-likeness (QED) is 0.765. The zero-order valence-electron chi connectivity index (χ0n) is 9.75. The molecule has 4 heteroatoms. The van der Waals surface area contributed by atoms with Crippen molar-refractivity contribution in [3.63, 3.8) is 0 Å². The summed E-state index contributed by atoms with van der Waals surface area (Å²) in [6.07, 6.45) is 0.898. The SMILES string of the molecule is CCNC(=S)NCCc1ccccc1OC. The maximum Gasteiger partial charge on any atom is 0.166 e. The van der Waals surface area contributed by atoms with E-state index in [-0.39, 0.29) is 0 Å². The molecule has 0 aliphatic carbocycles. The van der Waals surface area contributed by atoms with E-state index in [2.05, 4.69) is 16.7 Å². The van der Waals surface area contributed by atoms with Crippen LogP contribution in [0.4, 0.5) is 0 Å². The van der Waals surface area contributed by atoms with Crippen LogP contribution in [0.3, 0.4) is 0 Å². The molecule has 0 fully saturated rings. The van der Waals surface area contributed by atoms with Crippen LogP contribution in [0.5, 0.6) is 5.75 Å². The van der Waals surface area contributed by atoms with E-state index in [4.69, 9.17) is 17.0 Å². The van der Waals surface area contributed by atoms with Crippen LogP contribution in [0.2, 0.25) is 0 Å². The summed E-state index contributed by atoms with van der Waals surface area (Å²) in [6, 6.07) is 8.02. The highest BCUT2D eigenvalue weighted by molar-refractivity contribution is 7.80. The van der Waals surface area contributed by atoms with Crippen molar-refractivity contribution in [2.75, 3.05) is 20.2 Å². The Morgan fingerprint density at radius 2 is 2.06 bits per heavy atom. The topological polar surface area (TPSA) is 33.3 Å². The molecule has 0 aliphatic heterocycles. The number of thiocarbonyl (C=S) groups is 1. The fourth-order valence-electron chi connectivity index (χ4n) is 1.44. The molecule has 0 spiro atoms. The molecular weight excluding hydrogens is 220 g/mol. The zero-order valence-corrected chi connectivity index (χ0v) is 10.6. The molecule has 2 N–H and O–H groups in total. The Morgan fingerprint density at radius 3 is 2.75 bits per heavy atom. The Bertz CT molecular complexity index is 342. The molecule has 0 atom stereocenters. The van der Waals surface area contributed by atoms with E-state index in [0.29, 0.717) is 5.11 Å². The van der Waals surface area contributed by atoms with Gasteiger partial charge in [-0.2, -0.15) is 0 Å². The monoisotopic (exact) mass is 238 g/mol. The first kappa shape index (κ1) is 12.8. The first-order valence-corrected chi connectivity index (χ1v) is 5.82. The van der Waals surface area contributed by atoms with Gasteiger partial charge in [0.1, 0.15) is 5.75 Å². The highest BCUT2D eigenvalue weighted by Gasteiger charge is 2.01. The van der Waals surface area contributed by atoms with Crippen molar-refractivity contribution < 1.29 is 4.74 Å². The summed E-state index contributed by atoms with van der Waals surface area (Å²) in [4.78, 5) is 0. The van der Waals surface area contributed by atoms with Crippen LogP contribution < -0.4 is 15.4 Å². The summed E-state index contributed by atoms with van der Waals surface area (Å²) >= 11 is 5.08. The van der Waals surface area contributed by atoms with Crippen LogP contribution >= 0.6 is 12.2 Å². The lowest BCUT2D eigenvalue weighted by Gasteiger charge is -2.10. The number of methoxy groups -OCH3 is 1. The molecule has 0 amide bonds. The number of rotatable bonds is 5. The molecule has 0 saturated heterocycles. The van der Waals surface area contributed by atoms with Gasteiger partial charge in [0.25, 0.3) is 0 Å². The minimum atomic E-state index is 0.706. The van der Waals surface area contributed by atoms with Gasteiger partial charge in [-0.15, -0.1) is 0 Å². The Hall–Kier alpha value is -1.29. The van der Waals surface area contributed by atoms with Crippen molar-refractivity contribution in [3.05, 3.63) is 29.8 Å². The van der Waals surface area contributed by atoms with E-state index < -0.39 is 0 Å². The van der Waals surface area contributed by atoms with Gasteiger partial charge in [0.2, 0.25) is 0 Å². The summed E-state index contributed by atoms with van der Waals surface area (Å²) in [5, 5.41) is 6.90. The fourth-order valence-corrected chi connectivity index (χ4v) is 1.69. The molecule has 0 unspecified atom stereocenters. The molecule has 1 aromatic carbocycles. The van der Waals surface area contributed by atoms with Crippen LogP contribution in [0.15, 0.2) is 24.3 Å². The van der Waals surface area contributed by atoms with Gasteiger partial charge in [-0.05, 0) is 37.2 Å². The van der Waals surface area contributed by atoms with Gasteiger partial charge in [0.05, 0.1) is 7.11 Å². The maximum absolute atomic E-state index is 5.27. The van der Waals surface area contributed by atoms with Crippen molar-refractivity contribution in [2.45, 2.75) is 13.3 Å². The molecule has 0 heterocycles. The summed E-state index contributed by atoms with van der Waals surface area (Å²) in [5.74, 6) is 0.929. The van der Waals surface area contributed by atoms with Crippen LogP contribution in [0.25, 0.3) is 0 Å². The third-order valence-electron chi connectivity index (χ3n) is 2.21. The van der Waals surface area contributed by atoms with Crippen LogP contribution in [-0.4, -0.2) is 25.3 Å². The summed E-state index contributed by atoms with van der Waals surface area (Å²) in [6.45, 7) is 3.68. The van der Waals surface area contributed by atoms with E-state index in [9.17, 15) is 0 Å². The Labute approximate surface area is 102 Å². The third kappa shape index (κ3) is 4.06. The lowest BCUT2D eigenvalue weighted by atomic mass is 10.1. The van der Waals surface area contributed by atoms with Gasteiger partial charge < -0.3 is 15.4 Å². The minimum Gasteiger partial charge on any atom is -0.496 e. The van der Waals surface area contributed by atoms with Crippen molar-refractivity contribution in [1.82, 2.24) is 10.6 Å². The molecule has 16 heavy (non-hydrogen) atoms. The van der Waals surface area contributed by atoms with Gasteiger partial charge >= 0.3 is 0 Å². The second kappa shape index (κ2) is 7.06. The second-order valence-electron chi connectivity index (χ2n) is 3.35. The van der Waals surface area contributed by atoms with Crippen molar-refractivity contribution in [1.29, 1.82) is 0 Å². The molecule has 0 aliphatic rings. The average Bonchev–Trinajstić information content (AvgIpc) is 2.30. The van der Waals surface area contributed by atoms with Crippen molar-refractivity contribution in [3.8, 4) is 5.75 Å². The molecule has 1 rings (SSSR count). The predicted octanol–water partition coefficient (Wildman–Crippen LogP) is 1.72. The highest BCUT2D eigenvalue weighted by Crippen LogP contribution is 2.16. The first-order chi connectivity index (χ1) is 7.77. The second-order valence-corrected chi connectivity index (χ2v) is 3.76. The normalized spacial score (nSPS) is 9.62. The average molecular weight is 238 g/mol. The standard InChI is InChI=1S/C12H18N2OS/c1-3-13-12(16)14-9-8-10-6-4-5-7-11(10)15-2/h4-7H,3,8-9H2,1-2H3,(H2,13,14,16). The number of nitrogens with one attached hydrogen (secondary N) is 2. The van der Waals surface area contributed by atoms with Crippen molar-refractivity contribution in [2.24, 2.45) is 0 Å². The van der Waals surface area contributed by atoms with Gasteiger partial charge in [-0.25, -0.2) is 0 Å². The van der Waals surface area contributed by atoms with E-state index >= 15 is 0 Å². The minimum absolute atomic E-state index is 0.706. The first-order valence-electron chi connectivity index (χ1n) is 5.41. The smallest absolute Gasteiger partial charge is 0.166 e. The Kier molecular flexibility index (Phi) is 5.64. The van der Waals surface area contributed by atoms with E-state index in [1.807, 2.05) is 25.1 Å². The maximum atomic E-state index is 5.27. The predicted molar refractivity (Wildman–Crippen MR) is 71.0 cm³/mol. The van der Waals surface area contributed by atoms with Crippen LogP contribution in [0.1, 0.15) is 12.5 Å². The number of hydrogen-bond acceptors (Lipinski definition) is 2. The van der Waals surface area contributed by atoms with Gasteiger partial charge in [-0.3, -0.25) is 0 Å². The Balaban J connectivity index is 2.39. The number of hydrogen-bond donors (Lipinski definition) is 2. The van der Waals surface area contributed by atoms with Gasteiger partial charge in [-0.1, -0.05) is 18.2 Å². The third-order valence-corrected chi connectivity index (χ3v) is 2.50. The fraction of sp³-hybridized carbons (Fsp3) is 0.417. The van der Waals surface area contributed by atoms with E-state index in [1.54, 1.807) is 7.11 Å². The zero-order chi connectivity index (χ0) is 11.8. The Morgan fingerprint density at radius 1 is 1.31 bits per heavy atom. The molecule has 88 valence electrons. The van der Waals surface area contributed by atoms with Crippen molar-refractivity contribution >= 4 is 17.3 Å². The molecule has 0 saturated carbocycles. The van der Waals surface area contributed by atoms with Gasteiger partial charge in [0.15, 0.2) is 5.11 Å². The number of ether oxygens (including phenoxy) is 1. The molecular formula is C12H18N2OS. The summed E-state index contributed by atoms with van der Waals surface area (Å²) in [5.41, 5.74) is 1.19. The van der Waals surface area contributed by atoms with Crippen LogP contribution in [-0.2, 0) is 6.42 Å². The number of benzene rings is 1. The summed E-state index contributed by atoms with van der Waals surface area (Å²) < 4.78 is 5.27. The lowest BCUT2D eigenvalue weighted by molar-refractivity contribution is 0.409. The number of para-hydroxylation sites is 1. The highest BCUT2D eigenvalue weighted by atomic mass is 32.1. The van der Waals surface area contributed by atoms with Crippen LogP contribution in [0, 0.1) is 0 Å². The molecule has 1 aromatic rings. The molecule has 0 aromatic heterocycles. The molecule has 0 radical (unpaired) electrons. The lowest BCUT2D eigenvalue weighted by Crippen LogP contribution is -2.36. The van der Waals surface area contributed by atoms with E-state index in [0.717, 1.165) is 25.3 Å². The summed E-state index contributed by atoms with van der Waals surface area (Å²) in [7, 11) is 1.69.